The minimum atomic E-state index is -5.06. The van der Waals surface area contributed by atoms with Gasteiger partial charge in [-0.15, -0.1) is 0 Å². The molecule has 1 fully saturated rings. The third-order valence-electron chi connectivity index (χ3n) is 5.46. The lowest BCUT2D eigenvalue weighted by atomic mass is 9.93. The van der Waals surface area contributed by atoms with Crippen molar-refractivity contribution in [3.8, 4) is 0 Å². The van der Waals surface area contributed by atoms with Crippen LogP contribution in [0.25, 0.3) is 0 Å². The molecule has 1 aliphatic rings. The molecule has 0 bridgehead atoms. The summed E-state index contributed by atoms with van der Waals surface area (Å²) in [5.41, 5.74) is -3.33. The number of sulfone groups is 1. The van der Waals surface area contributed by atoms with E-state index >= 15 is 4.39 Å². The van der Waals surface area contributed by atoms with Crippen molar-refractivity contribution in [2.45, 2.75) is 54.0 Å². The molecule has 1 aromatic heterocycles. The predicted octanol–water partition coefficient (Wildman–Crippen LogP) is 4.41. The van der Waals surface area contributed by atoms with Crippen LogP contribution in [0.15, 0.2) is 29.2 Å². The van der Waals surface area contributed by atoms with E-state index in [1.807, 2.05) is 0 Å². The van der Waals surface area contributed by atoms with Crippen LogP contribution >= 0.6 is 0 Å². The standard InChI is InChI=1S/C19H17F8N3O3S/c1-30-14(9-15(29-30)19(25,26)27)16(31)28-12-2-4-17(21,5-3-12)34(32,33)13-7-10(18(22,23)24)6-11(20)8-13/h6-9,12H,2-5H2,1H3,(H,28,31)/t12-,17+. The van der Waals surface area contributed by atoms with E-state index in [2.05, 4.69) is 10.4 Å². The van der Waals surface area contributed by atoms with Gasteiger partial charge in [-0.05, 0) is 43.9 Å². The van der Waals surface area contributed by atoms with Crippen molar-refractivity contribution >= 4 is 15.7 Å². The number of halogens is 8. The average Bonchev–Trinajstić information content (AvgIpc) is 3.11. The first kappa shape index (κ1) is 25.9. The van der Waals surface area contributed by atoms with E-state index in [-0.39, 0.29) is 25.0 Å². The monoisotopic (exact) mass is 519 g/mol. The van der Waals surface area contributed by atoms with Crippen molar-refractivity contribution in [1.82, 2.24) is 15.1 Å². The van der Waals surface area contributed by atoms with E-state index in [0.717, 1.165) is 7.05 Å². The van der Waals surface area contributed by atoms with Gasteiger partial charge in [0.1, 0.15) is 11.5 Å². The van der Waals surface area contributed by atoms with E-state index in [1.54, 1.807) is 0 Å². The van der Waals surface area contributed by atoms with Crippen molar-refractivity contribution in [1.29, 1.82) is 0 Å². The van der Waals surface area contributed by atoms with E-state index in [0.29, 0.717) is 16.8 Å². The SMILES string of the molecule is Cn1nc(C(F)(F)F)cc1C(=O)N[C@H]1CC[C@@](F)(S(=O)(=O)c2cc(F)cc(C(F)(F)F)c2)CC1. The minimum absolute atomic E-state index is 0.0823. The molecule has 0 spiro atoms. The van der Waals surface area contributed by atoms with Gasteiger partial charge in [0.2, 0.25) is 14.8 Å². The highest BCUT2D eigenvalue weighted by Crippen LogP contribution is 2.42. The van der Waals surface area contributed by atoms with E-state index < -0.39 is 79.6 Å². The summed E-state index contributed by atoms with van der Waals surface area (Å²) >= 11 is 0. The molecule has 6 nitrogen and oxygen atoms in total. The molecule has 1 N–H and O–H groups in total. The molecule has 0 atom stereocenters. The molecule has 1 heterocycles. The van der Waals surface area contributed by atoms with Gasteiger partial charge in [-0.3, -0.25) is 9.48 Å². The van der Waals surface area contributed by atoms with Gasteiger partial charge in [0.15, 0.2) is 5.69 Å². The second kappa shape index (κ2) is 8.50. The third kappa shape index (κ3) is 5.03. The number of carbonyl (C=O) groups is 1. The normalized spacial score (nSPS) is 22.0. The molecule has 1 amide bonds. The number of hydrogen-bond donors (Lipinski definition) is 1. The summed E-state index contributed by atoms with van der Waals surface area (Å²) in [6.45, 7) is 0. The second-order valence-corrected chi connectivity index (χ2v) is 10.1. The number of amides is 1. The van der Waals surface area contributed by atoms with Gasteiger partial charge in [0.25, 0.3) is 5.91 Å². The Labute approximate surface area is 187 Å². The Morgan fingerprint density at radius 3 is 2.15 bits per heavy atom. The van der Waals surface area contributed by atoms with Crippen molar-refractivity contribution in [2.24, 2.45) is 7.05 Å². The molecule has 0 unspecified atom stereocenters. The fraction of sp³-hybridized carbons (Fsp3) is 0.474. The fourth-order valence-electron chi connectivity index (χ4n) is 3.63. The molecule has 15 heteroatoms. The number of benzene rings is 1. The number of aromatic nitrogens is 2. The Bertz CT molecular complexity index is 1200. The number of rotatable bonds is 4. The van der Waals surface area contributed by atoms with Gasteiger partial charge in [0, 0.05) is 19.2 Å². The van der Waals surface area contributed by atoms with Gasteiger partial charge in [0.05, 0.1) is 10.5 Å². The summed E-state index contributed by atoms with van der Waals surface area (Å²) in [5, 5.41) is 2.54. The Hall–Kier alpha value is -2.71. The van der Waals surface area contributed by atoms with Crippen molar-refractivity contribution in [3.63, 3.8) is 0 Å². The summed E-state index contributed by atoms with van der Waals surface area (Å²) in [6, 6.07) is 0.215. The number of hydrogen-bond acceptors (Lipinski definition) is 4. The Kier molecular flexibility index (Phi) is 6.48. The van der Waals surface area contributed by atoms with Gasteiger partial charge in [-0.2, -0.15) is 31.4 Å². The van der Waals surface area contributed by atoms with Crippen LogP contribution in [0, 0.1) is 5.82 Å². The van der Waals surface area contributed by atoms with Crippen molar-refractivity contribution < 1.29 is 48.3 Å². The molecular formula is C19H17F8N3O3S. The third-order valence-corrected chi connectivity index (χ3v) is 7.69. The van der Waals surface area contributed by atoms with Crippen LogP contribution in [0.2, 0.25) is 0 Å². The summed E-state index contributed by atoms with van der Waals surface area (Å²) in [7, 11) is -3.94. The lowest BCUT2D eigenvalue weighted by Gasteiger charge is -2.33. The lowest BCUT2D eigenvalue weighted by Crippen LogP contribution is -2.45. The topological polar surface area (TPSA) is 81.1 Å². The number of nitrogens with one attached hydrogen (secondary N) is 1. The molecule has 2 aromatic rings. The maximum Gasteiger partial charge on any atom is 0.435 e. The van der Waals surface area contributed by atoms with Crippen LogP contribution in [0.5, 0.6) is 0 Å². The summed E-state index contributed by atoms with van der Waals surface area (Å²) in [6.07, 6.45) is -11.9. The molecule has 188 valence electrons. The highest BCUT2D eigenvalue weighted by atomic mass is 32.2. The van der Waals surface area contributed by atoms with Gasteiger partial charge >= 0.3 is 12.4 Å². The van der Waals surface area contributed by atoms with Gasteiger partial charge in [-0.25, -0.2) is 17.2 Å². The van der Waals surface area contributed by atoms with Crippen LogP contribution in [0.1, 0.15) is 47.4 Å². The van der Waals surface area contributed by atoms with Crippen LogP contribution in [0.3, 0.4) is 0 Å². The molecule has 0 saturated heterocycles. The maximum absolute atomic E-state index is 15.4. The van der Waals surface area contributed by atoms with Gasteiger partial charge < -0.3 is 5.32 Å². The summed E-state index contributed by atoms with van der Waals surface area (Å²) in [4.78, 5) is 11.2. The first-order valence-electron chi connectivity index (χ1n) is 9.67. The minimum Gasteiger partial charge on any atom is -0.348 e. The molecule has 0 aliphatic heterocycles. The van der Waals surface area contributed by atoms with Crippen LogP contribution in [0.4, 0.5) is 35.1 Å². The highest BCUT2D eigenvalue weighted by Gasteiger charge is 2.49. The molecule has 1 saturated carbocycles. The zero-order valence-electron chi connectivity index (χ0n) is 17.3. The second-order valence-electron chi connectivity index (χ2n) is 7.84. The molecule has 1 aromatic carbocycles. The first-order chi connectivity index (χ1) is 15.4. The quantitative estimate of drug-likeness (QED) is 0.607. The summed E-state index contributed by atoms with van der Waals surface area (Å²) in [5.74, 6) is -2.46. The molecular weight excluding hydrogens is 502 g/mol. The van der Waals surface area contributed by atoms with E-state index in [1.165, 1.54) is 0 Å². The number of alkyl halides is 7. The van der Waals surface area contributed by atoms with Gasteiger partial charge in [-0.1, -0.05) is 0 Å². The maximum atomic E-state index is 15.4. The first-order valence-corrected chi connectivity index (χ1v) is 11.2. The zero-order chi connectivity index (χ0) is 25.7. The molecule has 1 aliphatic carbocycles. The van der Waals surface area contributed by atoms with E-state index in [4.69, 9.17) is 0 Å². The molecule has 0 radical (unpaired) electrons. The predicted molar refractivity (Wildman–Crippen MR) is 100 cm³/mol. The Balaban J connectivity index is 1.74. The lowest BCUT2D eigenvalue weighted by molar-refractivity contribution is -0.141. The van der Waals surface area contributed by atoms with Crippen molar-refractivity contribution in [2.75, 3.05) is 0 Å². The smallest absolute Gasteiger partial charge is 0.348 e. The molecule has 34 heavy (non-hydrogen) atoms. The largest absolute Gasteiger partial charge is 0.435 e. The van der Waals surface area contributed by atoms with Crippen LogP contribution in [-0.2, 0) is 29.2 Å². The average molecular weight is 519 g/mol. The summed E-state index contributed by atoms with van der Waals surface area (Å²) < 4.78 is 132. The van der Waals surface area contributed by atoms with Crippen LogP contribution < -0.4 is 5.32 Å². The highest BCUT2D eigenvalue weighted by molar-refractivity contribution is 7.92. The molecule has 3 rings (SSSR count). The van der Waals surface area contributed by atoms with E-state index in [9.17, 15) is 43.9 Å². The number of aryl methyl sites for hydroxylation is 1. The Morgan fingerprint density at radius 1 is 1.06 bits per heavy atom. The number of carbonyl (C=O) groups excluding carboxylic acids is 1. The number of nitrogens with zero attached hydrogens (tertiary/aromatic N) is 2. The van der Waals surface area contributed by atoms with Crippen molar-refractivity contribution in [3.05, 3.63) is 47.0 Å². The zero-order valence-corrected chi connectivity index (χ0v) is 18.1. The fourth-order valence-corrected chi connectivity index (χ4v) is 5.38. The Morgan fingerprint density at radius 2 is 1.65 bits per heavy atom. The van der Waals surface area contributed by atoms with Crippen LogP contribution in [-0.4, -0.2) is 35.1 Å².